The number of carbonyl (C=O) groups is 1. The van der Waals surface area contributed by atoms with E-state index in [1.807, 2.05) is 72.5 Å². The van der Waals surface area contributed by atoms with Crippen molar-refractivity contribution in [3.63, 3.8) is 0 Å². The van der Waals surface area contributed by atoms with Crippen LogP contribution in [0.1, 0.15) is 23.1 Å². The summed E-state index contributed by atoms with van der Waals surface area (Å²) in [5.74, 6) is 2.25. The third-order valence-electron chi connectivity index (χ3n) is 5.15. The van der Waals surface area contributed by atoms with Gasteiger partial charge in [-0.25, -0.2) is 9.97 Å². The number of pyridine rings is 2. The highest BCUT2D eigenvalue weighted by molar-refractivity contribution is 5.79. The molecule has 0 unspecified atom stereocenters. The molecule has 7 nitrogen and oxygen atoms in total. The van der Waals surface area contributed by atoms with Crippen LogP contribution >= 0.6 is 0 Å². The number of ether oxygens (including phenoxy) is 2. The number of aryl methyl sites for hydroxylation is 1. The lowest BCUT2D eigenvalue weighted by molar-refractivity contribution is -0.138. The quantitative estimate of drug-likeness (QED) is 0.658. The molecule has 1 atom stereocenters. The number of nitrogens with zero attached hydrogens (tertiary/aromatic N) is 3. The van der Waals surface area contributed by atoms with E-state index in [4.69, 9.17) is 14.5 Å². The molecule has 0 spiro atoms. The first kappa shape index (κ1) is 20.8. The topological polar surface area (TPSA) is 76.6 Å². The van der Waals surface area contributed by atoms with Gasteiger partial charge >= 0.3 is 0 Å². The van der Waals surface area contributed by atoms with Crippen LogP contribution in [0, 0.1) is 6.92 Å². The molecule has 1 saturated heterocycles. The van der Waals surface area contributed by atoms with E-state index in [9.17, 15) is 4.79 Å². The Balaban J connectivity index is 1.42. The lowest BCUT2D eigenvalue weighted by Crippen LogP contribution is -2.43. The van der Waals surface area contributed by atoms with Crippen molar-refractivity contribution >= 4 is 17.5 Å². The molecule has 31 heavy (non-hydrogen) atoms. The number of methoxy groups -OCH3 is 1. The van der Waals surface area contributed by atoms with Crippen molar-refractivity contribution < 1.29 is 14.3 Å². The summed E-state index contributed by atoms with van der Waals surface area (Å²) in [5.41, 5.74) is 2.65. The monoisotopic (exact) mass is 418 g/mol. The van der Waals surface area contributed by atoms with E-state index in [0.717, 1.165) is 28.5 Å². The van der Waals surface area contributed by atoms with Crippen LogP contribution in [0.25, 0.3) is 0 Å². The molecule has 7 heteroatoms. The van der Waals surface area contributed by atoms with Crippen LogP contribution in [0.4, 0.5) is 11.6 Å². The normalized spacial score (nSPS) is 16.1. The van der Waals surface area contributed by atoms with Crippen LogP contribution in [0.3, 0.4) is 0 Å². The number of rotatable bonds is 6. The number of benzene rings is 1. The molecule has 0 bridgehead atoms. The lowest BCUT2D eigenvalue weighted by atomic mass is 10.1. The van der Waals surface area contributed by atoms with Crippen molar-refractivity contribution in [1.82, 2.24) is 14.9 Å². The summed E-state index contributed by atoms with van der Waals surface area (Å²) in [6.07, 6.45) is 0.0630. The fourth-order valence-corrected chi connectivity index (χ4v) is 3.57. The Labute approximate surface area is 182 Å². The molecule has 4 rings (SSSR count). The van der Waals surface area contributed by atoms with Gasteiger partial charge < -0.3 is 19.7 Å². The Morgan fingerprint density at radius 2 is 1.90 bits per heavy atom. The molecule has 1 fully saturated rings. The number of anilines is 2. The summed E-state index contributed by atoms with van der Waals surface area (Å²) < 4.78 is 11.2. The molecule has 0 radical (unpaired) electrons. The Morgan fingerprint density at radius 1 is 1.13 bits per heavy atom. The first-order chi connectivity index (χ1) is 15.1. The Bertz CT molecular complexity index is 1060. The number of amides is 1. The second kappa shape index (κ2) is 9.57. The summed E-state index contributed by atoms with van der Waals surface area (Å²) >= 11 is 0. The fraction of sp³-hybridized carbons (Fsp3) is 0.292. The molecular formula is C24H26N4O3. The number of hydrogen-bond donors (Lipinski definition) is 1. The smallest absolute Gasteiger partial charge is 0.227 e. The Hall–Kier alpha value is -3.45. The fourth-order valence-electron chi connectivity index (χ4n) is 3.57. The molecule has 160 valence electrons. The van der Waals surface area contributed by atoms with Crippen LogP contribution in [0.15, 0.2) is 60.7 Å². The molecule has 1 aliphatic heterocycles. The Morgan fingerprint density at radius 3 is 2.71 bits per heavy atom. The van der Waals surface area contributed by atoms with Crippen LogP contribution in [-0.4, -0.2) is 47.6 Å². The predicted octanol–water partition coefficient (Wildman–Crippen LogP) is 3.68. The van der Waals surface area contributed by atoms with Crippen molar-refractivity contribution in [2.24, 2.45) is 0 Å². The summed E-state index contributed by atoms with van der Waals surface area (Å²) in [6.45, 7) is 3.47. The largest absolute Gasteiger partial charge is 0.497 e. The first-order valence-electron chi connectivity index (χ1n) is 10.3. The minimum atomic E-state index is -0.268. The maximum absolute atomic E-state index is 12.9. The first-order valence-corrected chi connectivity index (χ1v) is 10.3. The van der Waals surface area contributed by atoms with Gasteiger partial charge in [0.05, 0.1) is 32.4 Å². The summed E-state index contributed by atoms with van der Waals surface area (Å²) in [7, 11) is 1.62. The average molecular weight is 418 g/mol. The summed E-state index contributed by atoms with van der Waals surface area (Å²) in [5, 5.41) is 3.23. The van der Waals surface area contributed by atoms with E-state index >= 15 is 0 Å². The molecule has 3 aromatic rings. The highest BCUT2D eigenvalue weighted by Gasteiger charge is 2.26. The van der Waals surface area contributed by atoms with Gasteiger partial charge in [0.1, 0.15) is 23.5 Å². The lowest BCUT2D eigenvalue weighted by Gasteiger charge is -2.33. The standard InChI is InChI=1S/C24H26N4O3/c1-17-6-3-10-22(25-17)27-23-11-5-9-20(26-23)21-16-28(12-13-31-21)24(29)15-18-7-4-8-19(14-18)30-2/h3-11,14,21H,12-13,15-16H2,1-2H3,(H,25,26,27)/t21-/m1/s1. The van der Waals surface area contributed by atoms with Gasteiger partial charge in [0.25, 0.3) is 0 Å². The van der Waals surface area contributed by atoms with Gasteiger partial charge in [-0.3, -0.25) is 4.79 Å². The highest BCUT2D eigenvalue weighted by Crippen LogP contribution is 2.24. The van der Waals surface area contributed by atoms with Gasteiger partial charge in [-0.05, 0) is 48.9 Å². The summed E-state index contributed by atoms with van der Waals surface area (Å²) in [4.78, 5) is 23.9. The van der Waals surface area contributed by atoms with Crippen LogP contribution < -0.4 is 10.1 Å². The van der Waals surface area contributed by atoms with Crippen LogP contribution in [-0.2, 0) is 16.0 Å². The molecule has 3 heterocycles. The summed E-state index contributed by atoms with van der Waals surface area (Å²) in [6, 6.07) is 19.1. The SMILES string of the molecule is COc1cccc(CC(=O)N2CCO[C@@H](c3cccc(Nc4cccc(C)n4)n3)C2)c1. The zero-order chi connectivity index (χ0) is 21.6. The maximum Gasteiger partial charge on any atom is 0.227 e. The van der Waals surface area contributed by atoms with Gasteiger partial charge in [0.2, 0.25) is 5.91 Å². The minimum absolute atomic E-state index is 0.0693. The van der Waals surface area contributed by atoms with E-state index < -0.39 is 0 Å². The third-order valence-corrected chi connectivity index (χ3v) is 5.15. The molecule has 0 saturated carbocycles. The molecule has 2 aromatic heterocycles. The average Bonchev–Trinajstić information content (AvgIpc) is 2.79. The van der Waals surface area contributed by atoms with Gasteiger partial charge in [0.15, 0.2) is 0 Å². The number of morpholine rings is 1. The highest BCUT2D eigenvalue weighted by atomic mass is 16.5. The number of aromatic nitrogens is 2. The van der Waals surface area contributed by atoms with Gasteiger partial charge in [-0.15, -0.1) is 0 Å². The molecule has 1 amide bonds. The zero-order valence-corrected chi connectivity index (χ0v) is 17.7. The maximum atomic E-state index is 12.9. The van der Waals surface area contributed by atoms with Crippen molar-refractivity contribution in [2.75, 3.05) is 32.1 Å². The van der Waals surface area contributed by atoms with E-state index in [1.165, 1.54) is 0 Å². The van der Waals surface area contributed by atoms with Crippen molar-refractivity contribution in [3.05, 3.63) is 77.6 Å². The third kappa shape index (κ3) is 5.38. The molecule has 1 aromatic carbocycles. The van der Waals surface area contributed by atoms with Gasteiger partial charge in [0, 0.05) is 12.2 Å². The molecule has 1 N–H and O–H groups in total. The second-order valence-electron chi connectivity index (χ2n) is 7.46. The number of hydrogen-bond acceptors (Lipinski definition) is 6. The Kier molecular flexibility index (Phi) is 6.43. The minimum Gasteiger partial charge on any atom is -0.497 e. The van der Waals surface area contributed by atoms with E-state index in [2.05, 4.69) is 10.3 Å². The number of nitrogens with one attached hydrogen (secondary N) is 1. The van der Waals surface area contributed by atoms with Crippen molar-refractivity contribution in [2.45, 2.75) is 19.4 Å². The molecule has 0 aliphatic carbocycles. The zero-order valence-electron chi connectivity index (χ0n) is 17.7. The van der Waals surface area contributed by atoms with Gasteiger partial charge in [-0.1, -0.05) is 24.3 Å². The number of carbonyl (C=O) groups excluding carboxylic acids is 1. The van der Waals surface area contributed by atoms with E-state index in [0.29, 0.717) is 31.9 Å². The molecule has 1 aliphatic rings. The van der Waals surface area contributed by atoms with E-state index in [-0.39, 0.29) is 12.0 Å². The second-order valence-corrected chi connectivity index (χ2v) is 7.46. The van der Waals surface area contributed by atoms with Crippen molar-refractivity contribution in [1.29, 1.82) is 0 Å². The van der Waals surface area contributed by atoms with Crippen molar-refractivity contribution in [3.8, 4) is 5.75 Å². The van der Waals surface area contributed by atoms with Crippen LogP contribution in [0.5, 0.6) is 5.75 Å². The molecular weight excluding hydrogens is 392 g/mol. The van der Waals surface area contributed by atoms with Gasteiger partial charge in [-0.2, -0.15) is 0 Å². The van der Waals surface area contributed by atoms with Crippen LogP contribution in [0.2, 0.25) is 0 Å². The van der Waals surface area contributed by atoms with E-state index in [1.54, 1.807) is 7.11 Å². The predicted molar refractivity (Wildman–Crippen MR) is 118 cm³/mol.